The predicted molar refractivity (Wildman–Crippen MR) is 88.9 cm³/mol. The minimum atomic E-state index is -0.552. The highest BCUT2D eigenvalue weighted by molar-refractivity contribution is 5.81. The van der Waals surface area contributed by atoms with Gasteiger partial charge >= 0.3 is 0 Å². The molecule has 2 atom stereocenters. The third-order valence-electron chi connectivity index (χ3n) is 4.62. The molecule has 134 valence electrons. The molecule has 0 saturated carbocycles. The number of carbonyl (C=O) groups is 1. The van der Waals surface area contributed by atoms with Gasteiger partial charge in [0.2, 0.25) is 11.8 Å². The van der Waals surface area contributed by atoms with Gasteiger partial charge in [-0.05, 0) is 31.5 Å². The molecule has 1 saturated heterocycles. The van der Waals surface area contributed by atoms with Gasteiger partial charge in [-0.3, -0.25) is 14.6 Å². The number of aromatic nitrogens is 2. The second kappa shape index (κ2) is 7.28. The zero-order chi connectivity index (χ0) is 18.0. The fourth-order valence-electron chi connectivity index (χ4n) is 3.22. The van der Waals surface area contributed by atoms with Crippen LogP contribution < -0.4 is 5.73 Å². The predicted octanol–water partition coefficient (Wildman–Crippen LogP) is 1.42. The Kier molecular flexibility index (Phi) is 5.10. The number of halogens is 1. The fraction of sp³-hybridized carbons (Fsp3) is 0.471. The first-order valence-electron chi connectivity index (χ1n) is 8.29. The Morgan fingerprint density at radius 3 is 2.32 bits per heavy atom. The minimum Gasteiger partial charge on any atom is -0.368 e. The molecule has 0 spiro atoms. The Hall–Kier alpha value is -2.32. The Morgan fingerprint density at radius 2 is 1.80 bits per heavy atom. The number of aryl methyl sites for hydroxylation is 1. The fourth-order valence-corrected chi connectivity index (χ4v) is 3.22. The zero-order valence-corrected chi connectivity index (χ0v) is 14.4. The standard InChI is InChI=1S/C17H22FN5O2/c1-11(17-20-12(2)21-25-17)22-7-9-23(10-8-22)15(16(19)24)13-3-5-14(18)6-4-13/h3-6,11,15H,7-10H2,1-2H3,(H2,19,24)/t11-,15+/m0/s1. The number of amides is 1. The molecule has 1 amide bonds. The van der Waals surface area contributed by atoms with Gasteiger partial charge in [-0.15, -0.1) is 0 Å². The molecule has 1 aromatic carbocycles. The second-order valence-electron chi connectivity index (χ2n) is 6.28. The summed E-state index contributed by atoms with van der Waals surface area (Å²) in [5, 5.41) is 3.83. The van der Waals surface area contributed by atoms with Crippen LogP contribution in [0, 0.1) is 12.7 Å². The van der Waals surface area contributed by atoms with E-state index in [1.807, 2.05) is 11.8 Å². The van der Waals surface area contributed by atoms with Crippen LogP contribution in [-0.2, 0) is 4.79 Å². The van der Waals surface area contributed by atoms with Gasteiger partial charge in [-0.1, -0.05) is 17.3 Å². The molecule has 25 heavy (non-hydrogen) atoms. The Balaban J connectivity index is 1.67. The summed E-state index contributed by atoms with van der Waals surface area (Å²) in [5.74, 6) is 0.447. The van der Waals surface area contributed by atoms with Gasteiger partial charge in [-0.25, -0.2) is 4.39 Å². The van der Waals surface area contributed by atoms with Crippen molar-refractivity contribution in [3.05, 3.63) is 47.4 Å². The number of primary amides is 1. The second-order valence-corrected chi connectivity index (χ2v) is 6.28. The Morgan fingerprint density at radius 1 is 1.20 bits per heavy atom. The largest absolute Gasteiger partial charge is 0.368 e. The molecule has 7 nitrogen and oxygen atoms in total. The zero-order valence-electron chi connectivity index (χ0n) is 14.4. The van der Waals surface area contributed by atoms with E-state index in [4.69, 9.17) is 10.3 Å². The summed E-state index contributed by atoms with van der Waals surface area (Å²) in [6, 6.07) is 5.38. The van der Waals surface area contributed by atoms with Gasteiger partial charge in [0.25, 0.3) is 0 Å². The van der Waals surface area contributed by atoms with E-state index in [0.717, 1.165) is 13.1 Å². The molecule has 0 aliphatic carbocycles. The Labute approximate surface area is 145 Å². The van der Waals surface area contributed by atoms with Crippen molar-refractivity contribution in [2.75, 3.05) is 26.2 Å². The highest BCUT2D eigenvalue weighted by Crippen LogP contribution is 2.25. The van der Waals surface area contributed by atoms with E-state index in [1.54, 1.807) is 19.1 Å². The van der Waals surface area contributed by atoms with Gasteiger partial charge in [0.15, 0.2) is 5.82 Å². The topological polar surface area (TPSA) is 88.5 Å². The molecule has 2 N–H and O–H groups in total. The van der Waals surface area contributed by atoms with E-state index < -0.39 is 11.9 Å². The summed E-state index contributed by atoms with van der Waals surface area (Å²) in [6.07, 6.45) is 0. The van der Waals surface area contributed by atoms with E-state index >= 15 is 0 Å². The molecular weight excluding hydrogens is 325 g/mol. The lowest BCUT2D eigenvalue weighted by Crippen LogP contribution is -2.50. The van der Waals surface area contributed by atoms with E-state index in [1.165, 1.54) is 12.1 Å². The summed E-state index contributed by atoms with van der Waals surface area (Å²) < 4.78 is 18.4. The van der Waals surface area contributed by atoms with E-state index in [2.05, 4.69) is 15.0 Å². The van der Waals surface area contributed by atoms with Gasteiger partial charge in [0, 0.05) is 26.2 Å². The van der Waals surface area contributed by atoms with Gasteiger partial charge in [0.05, 0.1) is 6.04 Å². The maximum Gasteiger partial charge on any atom is 0.243 e. The van der Waals surface area contributed by atoms with Crippen LogP contribution in [0.2, 0.25) is 0 Å². The van der Waals surface area contributed by atoms with Gasteiger partial charge < -0.3 is 10.3 Å². The van der Waals surface area contributed by atoms with Crippen molar-refractivity contribution in [1.82, 2.24) is 19.9 Å². The van der Waals surface area contributed by atoms with Crippen molar-refractivity contribution in [3.63, 3.8) is 0 Å². The highest BCUT2D eigenvalue weighted by Gasteiger charge is 2.31. The van der Waals surface area contributed by atoms with Crippen molar-refractivity contribution in [3.8, 4) is 0 Å². The molecule has 8 heteroatoms. The van der Waals surface area contributed by atoms with Crippen LogP contribution in [0.5, 0.6) is 0 Å². The molecule has 1 aliphatic rings. The maximum atomic E-state index is 13.1. The molecule has 0 radical (unpaired) electrons. The number of hydrogen-bond donors (Lipinski definition) is 1. The number of carbonyl (C=O) groups excluding carboxylic acids is 1. The Bertz CT molecular complexity index is 725. The minimum absolute atomic E-state index is 0.0150. The molecule has 1 aromatic heterocycles. The van der Waals surface area contributed by atoms with E-state index in [9.17, 15) is 9.18 Å². The van der Waals surface area contributed by atoms with Crippen LogP contribution in [0.1, 0.15) is 36.3 Å². The first kappa shape index (κ1) is 17.5. The molecule has 1 aliphatic heterocycles. The molecule has 1 fully saturated rings. The number of piperazine rings is 1. The summed E-state index contributed by atoms with van der Waals surface area (Å²) in [4.78, 5) is 20.5. The normalized spacial score (nSPS) is 18.8. The molecule has 2 aromatic rings. The van der Waals surface area contributed by atoms with Crippen molar-refractivity contribution in [2.24, 2.45) is 5.73 Å². The maximum absolute atomic E-state index is 13.1. The van der Waals surface area contributed by atoms with Crippen LogP contribution in [0.15, 0.2) is 28.8 Å². The van der Waals surface area contributed by atoms with Crippen molar-refractivity contribution in [2.45, 2.75) is 25.9 Å². The van der Waals surface area contributed by atoms with Crippen LogP contribution in [0.4, 0.5) is 4.39 Å². The SMILES string of the molecule is Cc1noc([C@H](C)N2CCN([C@@H](C(N)=O)c3ccc(F)cc3)CC2)n1. The van der Waals surface area contributed by atoms with Crippen molar-refractivity contribution in [1.29, 1.82) is 0 Å². The highest BCUT2D eigenvalue weighted by atomic mass is 19.1. The summed E-state index contributed by atoms with van der Waals surface area (Å²) in [5.41, 5.74) is 6.32. The van der Waals surface area contributed by atoms with Crippen molar-refractivity contribution >= 4 is 5.91 Å². The molecule has 0 bridgehead atoms. The van der Waals surface area contributed by atoms with Crippen molar-refractivity contribution < 1.29 is 13.7 Å². The number of rotatable bonds is 5. The number of nitrogens with two attached hydrogens (primary N) is 1. The molecule has 2 heterocycles. The number of benzene rings is 1. The van der Waals surface area contributed by atoms with Crippen LogP contribution in [0.3, 0.4) is 0 Å². The monoisotopic (exact) mass is 347 g/mol. The van der Waals surface area contributed by atoms with Crippen LogP contribution >= 0.6 is 0 Å². The quantitative estimate of drug-likeness (QED) is 0.880. The molecule has 3 rings (SSSR count). The lowest BCUT2D eigenvalue weighted by atomic mass is 10.0. The third kappa shape index (κ3) is 3.85. The van der Waals surface area contributed by atoms with Crippen LogP contribution in [0.25, 0.3) is 0 Å². The lowest BCUT2D eigenvalue weighted by Gasteiger charge is -2.39. The number of nitrogens with zero attached hydrogens (tertiary/aromatic N) is 4. The van der Waals surface area contributed by atoms with Crippen LogP contribution in [-0.4, -0.2) is 52.0 Å². The first-order valence-corrected chi connectivity index (χ1v) is 8.29. The van der Waals surface area contributed by atoms with E-state index in [-0.39, 0.29) is 11.9 Å². The average Bonchev–Trinajstić information content (AvgIpc) is 3.03. The van der Waals surface area contributed by atoms with Gasteiger partial charge in [-0.2, -0.15) is 4.98 Å². The van der Waals surface area contributed by atoms with E-state index in [0.29, 0.717) is 30.4 Å². The number of hydrogen-bond acceptors (Lipinski definition) is 6. The van der Waals surface area contributed by atoms with Gasteiger partial charge in [0.1, 0.15) is 11.9 Å². The molecule has 0 unspecified atom stereocenters. The molecular formula is C17H22FN5O2. The first-order chi connectivity index (χ1) is 12.0. The average molecular weight is 347 g/mol. The smallest absolute Gasteiger partial charge is 0.243 e. The summed E-state index contributed by atoms with van der Waals surface area (Å²) in [6.45, 7) is 6.64. The lowest BCUT2D eigenvalue weighted by molar-refractivity contribution is -0.124. The summed E-state index contributed by atoms with van der Waals surface area (Å²) in [7, 11) is 0. The summed E-state index contributed by atoms with van der Waals surface area (Å²) >= 11 is 0. The third-order valence-corrected chi connectivity index (χ3v) is 4.62.